The first-order valence-electron chi connectivity index (χ1n) is 17.6. The van der Waals surface area contributed by atoms with Crippen LogP contribution in [-0.4, -0.2) is 38.4 Å². The van der Waals surface area contributed by atoms with E-state index >= 15 is 0 Å². The molecule has 53 heavy (non-hydrogen) atoms. The standard InChI is InChI=1S/C44H38O8S/c1-3-5-27-47-35-21-13-33(14-22-35)43(45)51-37-17-7-31(8-18-37)11-25-39-41-42(50-30-29-49-41)40(53-39)26-12-32-9-19-38(20-10-32)52-44(46)34-15-23-36(24-16-34)48-28-6-4-2/h7-10,13-24H,3-6,27-30H2,1-2H3. The third-order valence-electron chi connectivity index (χ3n) is 7.88. The fourth-order valence-electron chi connectivity index (χ4n) is 4.96. The van der Waals surface area contributed by atoms with Gasteiger partial charge in [-0.1, -0.05) is 38.5 Å². The summed E-state index contributed by atoms with van der Waals surface area (Å²) in [4.78, 5) is 26.7. The molecule has 2 heterocycles. The lowest BCUT2D eigenvalue weighted by Crippen LogP contribution is -2.15. The van der Waals surface area contributed by atoms with Crippen molar-refractivity contribution < 1.29 is 38.0 Å². The molecule has 0 spiro atoms. The summed E-state index contributed by atoms with van der Waals surface area (Å²) < 4.78 is 34.3. The van der Waals surface area contributed by atoms with Gasteiger partial charge in [0.2, 0.25) is 0 Å². The Bertz CT molecular complexity index is 1970. The van der Waals surface area contributed by atoms with Gasteiger partial charge < -0.3 is 28.4 Å². The number of hydrogen-bond acceptors (Lipinski definition) is 9. The van der Waals surface area contributed by atoms with Crippen LogP contribution in [-0.2, 0) is 0 Å². The van der Waals surface area contributed by atoms with Gasteiger partial charge in [-0.3, -0.25) is 0 Å². The van der Waals surface area contributed by atoms with Crippen molar-refractivity contribution in [3.63, 3.8) is 0 Å². The maximum absolute atomic E-state index is 12.7. The number of fused-ring (bicyclic) bond motifs is 1. The molecular formula is C44H38O8S. The minimum Gasteiger partial charge on any atom is -0.494 e. The number of carbonyl (C=O) groups is 2. The Hall–Kier alpha value is -6.16. The lowest BCUT2D eigenvalue weighted by atomic mass is 10.2. The summed E-state index contributed by atoms with van der Waals surface area (Å²) in [6.45, 7) is 6.33. The normalized spacial score (nSPS) is 11.3. The van der Waals surface area contributed by atoms with Crippen LogP contribution < -0.4 is 28.4 Å². The predicted molar refractivity (Wildman–Crippen MR) is 204 cm³/mol. The van der Waals surface area contributed by atoms with Gasteiger partial charge in [-0.2, -0.15) is 0 Å². The van der Waals surface area contributed by atoms with Crippen LogP contribution in [0.5, 0.6) is 34.5 Å². The van der Waals surface area contributed by atoms with Crippen LogP contribution in [0.4, 0.5) is 0 Å². The van der Waals surface area contributed by atoms with Crippen LogP contribution in [0.1, 0.15) is 81.1 Å². The highest BCUT2D eigenvalue weighted by Crippen LogP contribution is 2.43. The zero-order chi connectivity index (χ0) is 36.8. The van der Waals surface area contributed by atoms with Crippen molar-refractivity contribution in [1.29, 1.82) is 0 Å². The monoisotopic (exact) mass is 726 g/mol. The van der Waals surface area contributed by atoms with E-state index in [4.69, 9.17) is 28.4 Å². The summed E-state index contributed by atoms with van der Waals surface area (Å²) in [6.07, 6.45) is 4.06. The smallest absolute Gasteiger partial charge is 0.343 e. The molecule has 5 aromatic rings. The molecule has 1 aliphatic heterocycles. The zero-order valence-electron chi connectivity index (χ0n) is 29.6. The molecule has 0 bridgehead atoms. The molecule has 9 heteroatoms. The molecule has 0 fully saturated rings. The van der Waals surface area contributed by atoms with E-state index in [2.05, 4.69) is 37.5 Å². The molecule has 8 nitrogen and oxygen atoms in total. The molecule has 0 aliphatic carbocycles. The van der Waals surface area contributed by atoms with Crippen molar-refractivity contribution in [2.75, 3.05) is 26.4 Å². The first kappa shape index (κ1) is 36.6. The van der Waals surface area contributed by atoms with Crippen LogP contribution in [0.2, 0.25) is 0 Å². The third kappa shape index (κ3) is 10.2. The predicted octanol–water partition coefficient (Wildman–Crippen LogP) is 9.12. The Balaban J connectivity index is 1.06. The molecule has 268 valence electrons. The number of benzene rings is 4. The highest BCUT2D eigenvalue weighted by Gasteiger charge is 2.23. The highest BCUT2D eigenvalue weighted by atomic mass is 32.1. The average molecular weight is 727 g/mol. The second-order valence-electron chi connectivity index (χ2n) is 11.9. The Labute approximate surface area is 313 Å². The fourth-order valence-corrected chi connectivity index (χ4v) is 5.86. The number of carbonyl (C=O) groups excluding carboxylic acids is 2. The number of ether oxygens (including phenoxy) is 6. The summed E-state index contributed by atoms with van der Waals surface area (Å²) in [5.41, 5.74) is 2.34. The molecule has 4 aromatic carbocycles. The zero-order valence-corrected chi connectivity index (χ0v) is 30.4. The molecule has 0 unspecified atom stereocenters. The fraction of sp³-hybridized carbons (Fsp3) is 0.227. The van der Waals surface area contributed by atoms with Gasteiger partial charge in [0.15, 0.2) is 11.5 Å². The minimum absolute atomic E-state index is 0.413. The van der Waals surface area contributed by atoms with Crippen molar-refractivity contribution in [3.8, 4) is 58.2 Å². The average Bonchev–Trinajstić information content (AvgIpc) is 3.55. The van der Waals surface area contributed by atoms with Crippen molar-refractivity contribution in [2.24, 2.45) is 0 Å². The molecule has 6 rings (SSSR count). The molecule has 1 aliphatic rings. The first-order chi connectivity index (χ1) is 26.0. The van der Waals surface area contributed by atoms with E-state index in [1.165, 1.54) is 11.3 Å². The lowest BCUT2D eigenvalue weighted by Gasteiger charge is -2.15. The number of unbranched alkanes of at least 4 members (excludes halogenated alkanes) is 2. The van der Waals surface area contributed by atoms with E-state index in [9.17, 15) is 9.59 Å². The van der Waals surface area contributed by atoms with E-state index in [0.29, 0.717) is 70.3 Å². The molecule has 0 radical (unpaired) electrons. The maximum atomic E-state index is 12.7. The molecule has 0 saturated carbocycles. The van der Waals surface area contributed by atoms with Crippen molar-refractivity contribution >= 4 is 23.3 Å². The van der Waals surface area contributed by atoms with Gasteiger partial charge in [0.25, 0.3) is 0 Å². The van der Waals surface area contributed by atoms with E-state index in [1.807, 2.05) is 0 Å². The SMILES string of the molecule is CCCCOc1ccc(C(=O)Oc2ccc(C#Cc3sc(C#Cc4ccc(OC(=O)c5ccc(OCCCC)cc5)cc4)c4c3OCCO4)cc2)cc1. The second kappa shape index (κ2) is 18.4. The molecule has 0 amide bonds. The summed E-state index contributed by atoms with van der Waals surface area (Å²) in [5.74, 6) is 15.2. The molecular weight excluding hydrogens is 689 g/mol. The summed E-state index contributed by atoms with van der Waals surface area (Å²) in [5, 5.41) is 0. The van der Waals surface area contributed by atoms with Gasteiger partial charge in [-0.15, -0.1) is 11.3 Å². The van der Waals surface area contributed by atoms with Crippen molar-refractivity contribution in [1.82, 2.24) is 0 Å². The number of thiophene rings is 1. The molecule has 0 atom stereocenters. The quantitative estimate of drug-likeness (QED) is 0.0545. The number of esters is 2. The highest BCUT2D eigenvalue weighted by molar-refractivity contribution is 7.13. The van der Waals surface area contributed by atoms with Crippen LogP contribution in [0.3, 0.4) is 0 Å². The Morgan fingerprint density at radius 3 is 1.30 bits per heavy atom. The van der Waals surface area contributed by atoms with Crippen molar-refractivity contribution in [2.45, 2.75) is 39.5 Å². The largest absolute Gasteiger partial charge is 0.494 e. The molecule has 0 saturated heterocycles. The van der Waals surface area contributed by atoms with Gasteiger partial charge in [0.1, 0.15) is 46.0 Å². The van der Waals surface area contributed by atoms with Gasteiger partial charge in [-0.25, -0.2) is 9.59 Å². The van der Waals surface area contributed by atoms with E-state index in [1.54, 1.807) is 97.1 Å². The van der Waals surface area contributed by atoms with Crippen molar-refractivity contribution in [3.05, 3.63) is 129 Å². The topological polar surface area (TPSA) is 89.5 Å². The minimum atomic E-state index is -0.454. The summed E-state index contributed by atoms with van der Waals surface area (Å²) >= 11 is 1.39. The van der Waals surface area contributed by atoms with Gasteiger partial charge in [-0.05, 0) is 122 Å². The number of hydrogen-bond donors (Lipinski definition) is 0. The van der Waals surface area contributed by atoms with Gasteiger partial charge >= 0.3 is 11.9 Å². The van der Waals surface area contributed by atoms with E-state index < -0.39 is 11.9 Å². The molecule has 1 aromatic heterocycles. The third-order valence-corrected chi connectivity index (χ3v) is 8.87. The van der Waals surface area contributed by atoms with Gasteiger partial charge in [0.05, 0.1) is 24.3 Å². The Kier molecular flexibility index (Phi) is 12.7. The Morgan fingerprint density at radius 1 is 0.547 bits per heavy atom. The van der Waals surface area contributed by atoms with E-state index in [-0.39, 0.29) is 0 Å². The van der Waals surface area contributed by atoms with Crippen LogP contribution in [0.25, 0.3) is 0 Å². The van der Waals surface area contributed by atoms with Gasteiger partial charge in [0, 0.05) is 11.1 Å². The van der Waals surface area contributed by atoms with Crippen LogP contribution in [0, 0.1) is 23.7 Å². The van der Waals surface area contributed by atoms with Crippen LogP contribution >= 0.6 is 11.3 Å². The molecule has 0 N–H and O–H groups in total. The summed E-state index contributed by atoms with van der Waals surface area (Å²) in [6, 6.07) is 27.8. The lowest BCUT2D eigenvalue weighted by molar-refractivity contribution is 0.0725. The number of rotatable bonds is 12. The Morgan fingerprint density at radius 2 is 0.925 bits per heavy atom. The first-order valence-corrected chi connectivity index (χ1v) is 18.4. The van der Waals surface area contributed by atoms with Crippen LogP contribution in [0.15, 0.2) is 97.1 Å². The summed E-state index contributed by atoms with van der Waals surface area (Å²) in [7, 11) is 0. The van der Waals surface area contributed by atoms with E-state index in [0.717, 1.165) is 48.3 Å². The second-order valence-corrected chi connectivity index (χ2v) is 12.9. The maximum Gasteiger partial charge on any atom is 0.343 e.